The van der Waals surface area contributed by atoms with Gasteiger partial charge in [-0.15, -0.1) is 0 Å². The fourth-order valence-corrected chi connectivity index (χ4v) is 2.23. The average Bonchev–Trinajstić information content (AvgIpc) is 2.14. The molecule has 0 aromatic rings. The quantitative estimate of drug-likeness (QED) is 0.850. The van der Waals surface area contributed by atoms with Gasteiger partial charge in [0.05, 0.1) is 5.92 Å². The van der Waals surface area contributed by atoms with Gasteiger partial charge in [0, 0.05) is 18.6 Å². The summed E-state index contributed by atoms with van der Waals surface area (Å²) >= 11 is 0. The molecule has 0 aromatic heterocycles. The second-order valence-electron chi connectivity index (χ2n) is 6.72. The summed E-state index contributed by atoms with van der Waals surface area (Å²) in [6.07, 6.45) is -3.20. The first-order valence-electron chi connectivity index (χ1n) is 6.51. The largest absolute Gasteiger partial charge is 0.393 e. The number of rotatable bonds is 3. The highest BCUT2D eigenvalue weighted by Gasteiger charge is 2.43. The highest BCUT2D eigenvalue weighted by molar-refractivity contribution is 4.93. The number of nitrogens with two attached hydrogens (primary N) is 1. The molecule has 1 rings (SSSR count). The van der Waals surface area contributed by atoms with E-state index in [0.29, 0.717) is 13.0 Å². The first kappa shape index (κ1) is 15.8. The summed E-state index contributed by atoms with van der Waals surface area (Å²) in [6.45, 7) is 9.36. The van der Waals surface area contributed by atoms with E-state index in [9.17, 15) is 13.2 Å². The van der Waals surface area contributed by atoms with Crippen LogP contribution < -0.4 is 5.73 Å². The maximum Gasteiger partial charge on any atom is 0.393 e. The van der Waals surface area contributed by atoms with Gasteiger partial charge in [0.15, 0.2) is 0 Å². The fourth-order valence-electron chi connectivity index (χ4n) is 2.23. The Morgan fingerprint density at radius 3 is 2.17 bits per heavy atom. The Balaban J connectivity index is 2.64. The Labute approximate surface area is 108 Å². The molecular weight excluding hydrogens is 241 g/mol. The van der Waals surface area contributed by atoms with Crippen LogP contribution in [0, 0.1) is 11.3 Å². The molecule has 1 saturated heterocycles. The number of hydrogen-bond acceptors (Lipinski definition) is 2. The summed E-state index contributed by atoms with van der Waals surface area (Å²) in [6, 6.07) is 0. The van der Waals surface area contributed by atoms with Crippen molar-refractivity contribution in [2.45, 2.75) is 52.3 Å². The molecule has 108 valence electrons. The lowest BCUT2D eigenvalue weighted by Gasteiger charge is -2.44. The maximum atomic E-state index is 12.7. The van der Waals surface area contributed by atoms with E-state index in [-0.39, 0.29) is 18.4 Å². The van der Waals surface area contributed by atoms with Crippen molar-refractivity contribution in [1.82, 2.24) is 4.90 Å². The summed E-state index contributed by atoms with van der Waals surface area (Å²) < 4.78 is 38.2. The van der Waals surface area contributed by atoms with E-state index in [1.165, 1.54) is 0 Å². The SMILES string of the molecule is CC(C)(N)C(C)(C)CN1CCCC(C(F)(F)F)C1. The smallest absolute Gasteiger partial charge is 0.325 e. The molecule has 1 heterocycles. The number of nitrogens with zero attached hydrogens (tertiary/aromatic N) is 1. The molecule has 1 atom stereocenters. The Bertz CT molecular complexity index is 279. The topological polar surface area (TPSA) is 29.3 Å². The van der Waals surface area contributed by atoms with E-state index >= 15 is 0 Å². The van der Waals surface area contributed by atoms with Gasteiger partial charge in [-0.2, -0.15) is 13.2 Å². The third kappa shape index (κ3) is 3.85. The summed E-state index contributed by atoms with van der Waals surface area (Å²) in [5.74, 6) is -1.18. The van der Waals surface area contributed by atoms with E-state index in [4.69, 9.17) is 5.73 Å². The van der Waals surface area contributed by atoms with Gasteiger partial charge in [-0.05, 0) is 38.6 Å². The molecule has 0 aliphatic carbocycles. The van der Waals surface area contributed by atoms with E-state index in [2.05, 4.69) is 0 Å². The molecule has 1 fully saturated rings. The third-order valence-corrected chi connectivity index (χ3v) is 4.33. The molecule has 1 aliphatic heterocycles. The van der Waals surface area contributed by atoms with Crippen LogP contribution in [0.15, 0.2) is 0 Å². The predicted molar refractivity (Wildman–Crippen MR) is 67.3 cm³/mol. The van der Waals surface area contributed by atoms with Gasteiger partial charge >= 0.3 is 6.18 Å². The first-order chi connectivity index (χ1) is 7.93. The summed E-state index contributed by atoms with van der Waals surface area (Å²) in [5, 5.41) is 0. The molecule has 0 saturated carbocycles. The average molecular weight is 266 g/mol. The zero-order valence-electron chi connectivity index (χ0n) is 11.8. The van der Waals surface area contributed by atoms with Gasteiger partial charge in [0.2, 0.25) is 0 Å². The monoisotopic (exact) mass is 266 g/mol. The maximum absolute atomic E-state index is 12.7. The molecule has 0 radical (unpaired) electrons. The van der Waals surface area contributed by atoms with Crippen molar-refractivity contribution in [3.05, 3.63) is 0 Å². The van der Waals surface area contributed by atoms with E-state index in [1.54, 1.807) is 0 Å². The van der Waals surface area contributed by atoms with Crippen LogP contribution in [-0.2, 0) is 0 Å². The number of halogens is 3. The van der Waals surface area contributed by atoms with E-state index in [0.717, 1.165) is 6.54 Å². The highest BCUT2D eigenvalue weighted by Crippen LogP contribution is 2.35. The van der Waals surface area contributed by atoms with Gasteiger partial charge in [-0.25, -0.2) is 0 Å². The highest BCUT2D eigenvalue weighted by atomic mass is 19.4. The van der Waals surface area contributed by atoms with Gasteiger partial charge in [0.1, 0.15) is 0 Å². The second-order valence-corrected chi connectivity index (χ2v) is 6.72. The zero-order valence-corrected chi connectivity index (χ0v) is 11.8. The Morgan fingerprint density at radius 2 is 1.72 bits per heavy atom. The minimum atomic E-state index is -4.07. The van der Waals surface area contributed by atoms with Crippen molar-refractivity contribution in [1.29, 1.82) is 0 Å². The van der Waals surface area contributed by atoms with Crippen molar-refractivity contribution in [2.75, 3.05) is 19.6 Å². The first-order valence-corrected chi connectivity index (χ1v) is 6.51. The molecule has 1 aliphatic rings. The van der Waals surface area contributed by atoms with Crippen LogP contribution in [0.4, 0.5) is 13.2 Å². The lowest BCUT2D eigenvalue weighted by atomic mass is 9.74. The molecule has 0 amide bonds. The van der Waals surface area contributed by atoms with Crippen LogP contribution in [0.1, 0.15) is 40.5 Å². The Kier molecular flexibility index (Phi) is 4.38. The predicted octanol–water partition coefficient (Wildman–Crippen LogP) is 3.02. The van der Waals surface area contributed by atoms with Crippen molar-refractivity contribution in [3.8, 4) is 0 Å². The Morgan fingerprint density at radius 1 is 1.17 bits per heavy atom. The zero-order chi connectivity index (χ0) is 14.2. The number of likely N-dealkylation sites (tertiary alicyclic amines) is 1. The van der Waals surface area contributed by atoms with Gasteiger partial charge in [-0.1, -0.05) is 13.8 Å². The molecule has 2 nitrogen and oxygen atoms in total. The summed E-state index contributed by atoms with van der Waals surface area (Å²) in [7, 11) is 0. The van der Waals surface area contributed by atoms with Crippen LogP contribution in [-0.4, -0.2) is 36.2 Å². The molecule has 0 spiro atoms. The second kappa shape index (κ2) is 5.00. The standard InChI is InChI=1S/C13H25F3N2/c1-11(2,12(3,4)17)9-18-7-5-6-10(8-18)13(14,15)16/h10H,5-9,17H2,1-4H3. The van der Waals surface area contributed by atoms with E-state index in [1.807, 2.05) is 32.6 Å². The minimum absolute atomic E-state index is 0.114. The Hall–Kier alpha value is -0.290. The van der Waals surface area contributed by atoms with Gasteiger partial charge in [0.25, 0.3) is 0 Å². The number of hydrogen-bond donors (Lipinski definition) is 1. The van der Waals surface area contributed by atoms with Crippen LogP contribution in [0.5, 0.6) is 0 Å². The fraction of sp³-hybridized carbons (Fsp3) is 1.00. The van der Waals surface area contributed by atoms with Crippen molar-refractivity contribution in [3.63, 3.8) is 0 Å². The molecule has 5 heteroatoms. The molecule has 0 aromatic carbocycles. The van der Waals surface area contributed by atoms with Crippen LogP contribution >= 0.6 is 0 Å². The van der Waals surface area contributed by atoms with Crippen molar-refractivity contribution >= 4 is 0 Å². The summed E-state index contributed by atoms with van der Waals surface area (Å²) in [4.78, 5) is 1.91. The number of piperidine rings is 1. The lowest BCUT2D eigenvalue weighted by molar-refractivity contribution is -0.188. The van der Waals surface area contributed by atoms with Crippen LogP contribution in [0.3, 0.4) is 0 Å². The minimum Gasteiger partial charge on any atom is -0.325 e. The molecule has 18 heavy (non-hydrogen) atoms. The summed E-state index contributed by atoms with van der Waals surface area (Å²) in [5.41, 5.74) is 5.49. The third-order valence-electron chi connectivity index (χ3n) is 4.33. The lowest BCUT2D eigenvalue weighted by Crippen LogP contribution is -2.55. The van der Waals surface area contributed by atoms with E-state index < -0.39 is 17.6 Å². The molecule has 2 N–H and O–H groups in total. The van der Waals surface area contributed by atoms with Crippen molar-refractivity contribution < 1.29 is 13.2 Å². The normalized spacial score (nSPS) is 24.3. The van der Waals surface area contributed by atoms with Crippen LogP contribution in [0.2, 0.25) is 0 Å². The van der Waals surface area contributed by atoms with Crippen molar-refractivity contribution in [2.24, 2.45) is 17.1 Å². The molecule has 1 unspecified atom stereocenters. The molecular formula is C13H25F3N2. The van der Waals surface area contributed by atoms with Gasteiger partial charge < -0.3 is 10.6 Å². The van der Waals surface area contributed by atoms with Gasteiger partial charge in [-0.3, -0.25) is 0 Å². The van der Waals surface area contributed by atoms with Crippen LogP contribution in [0.25, 0.3) is 0 Å². The molecule has 0 bridgehead atoms. The number of alkyl halides is 3.